The predicted molar refractivity (Wildman–Crippen MR) is 58.2 cm³/mol. The zero-order valence-corrected chi connectivity index (χ0v) is 8.81. The first-order valence-corrected chi connectivity index (χ1v) is 5.86. The van der Waals surface area contributed by atoms with Crippen molar-refractivity contribution in [2.75, 3.05) is 0 Å². The Labute approximate surface area is 78.4 Å². The highest BCUT2D eigenvalue weighted by molar-refractivity contribution is 6.35. The zero-order chi connectivity index (χ0) is 8.81. The van der Waals surface area contributed by atoms with Crippen molar-refractivity contribution in [1.29, 1.82) is 0 Å². The molecule has 0 amide bonds. The van der Waals surface area contributed by atoms with Crippen LogP contribution in [0.25, 0.3) is 0 Å². The van der Waals surface area contributed by atoms with Gasteiger partial charge in [-0.15, -0.1) is 0 Å². The molecule has 1 rings (SSSR count). The summed E-state index contributed by atoms with van der Waals surface area (Å²) >= 11 is 0. The van der Waals surface area contributed by atoms with Crippen molar-refractivity contribution in [3.63, 3.8) is 0 Å². The van der Waals surface area contributed by atoms with Gasteiger partial charge in [0.15, 0.2) is 0 Å². The molecule has 0 aromatic carbocycles. The molecule has 0 bridgehead atoms. The Bertz CT molecular complexity index is 104. The van der Waals surface area contributed by atoms with E-state index in [1.807, 2.05) is 0 Å². The average Bonchev–Trinajstić information content (AvgIpc) is 2.15. The van der Waals surface area contributed by atoms with Gasteiger partial charge in [-0.05, 0) is 5.92 Å². The van der Waals surface area contributed by atoms with E-state index in [4.69, 9.17) is 0 Å². The summed E-state index contributed by atoms with van der Waals surface area (Å²) in [4.78, 5) is 0. The first-order chi connectivity index (χ1) is 5.86. The molecule has 1 aliphatic carbocycles. The summed E-state index contributed by atoms with van der Waals surface area (Å²) in [6.45, 7) is 4.65. The Morgan fingerprint density at radius 1 is 1.17 bits per heavy atom. The van der Waals surface area contributed by atoms with Gasteiger partial charge in [0.25, 0.3) is 0 Å². The van der Waals surface area contributed by atoms with Crippen molar-refractivity contribution in [3.8, 4) is 0 Å². The standard InChI is InChI=1S/C11H23B/c1-3-4-5-10-6-8-11(12-2)9-7-10/h10-12H,3-9H2,1-2H3. The van der Waals surface area contributed by atoms with Crippen LogP contribution in [0.2, 0.25) is 12.6 Å². The van der Waals surface area contributed by atoms with Crippen LogP contribution in [0, 0.1) is 5.92 Å². The van der Waals surface area contributed by atoms with Crippen molar-refractivity contribution in [3.05, 3.63) is 0 Å². The zero-order valence-electron chi connectivity index (χ0n) is 8.81. The summed E-state index contributed by atoms with van der Waals surface area (Å²) in [6.07, 6.45) is 10.4. The molecule has 1 saturated carbocycles. The minimum absolute atomic E-state index is 1.07. The molecule has 0 nitrogen and oxygen atoms in total. The fourth-order valence-electron chi connectivity index (χ4n) is 2.42. The fraction of sp³-hybridized carbons (Fsp3) is 1.00. The van der Waals surface area contributed by atoms with Crippen LogP contribution in [0.3, 0.4) is 0 Å². The number of hydrogen-bond acceptors (Lipinski definition) is 0. The highest BCUT2D eigenvalue weighted by Gasteiger charge is 2.19. The molecule has 0 aliphatic heterocycles. The van der Waals surface area contributed by atoms with E-state index in [1.54, 1.807) is 0 Å². The van der Waals surface area contributed by atoms with Crippen molar-refractivity contribution in [2.45, 2.75) is 64.5 Å². The van der Waals surface area contributed by atoms with Gasteiger partial charge >= 0.3 is 0 Å². The van der Waals surface area contributed by atoms with Crippen molar-refractivity contribution in [1.82, 2.24) is 0 Å². The van der Waals surface area contributed by atoms with E-state index < -0.39 is 0 Å². The topological polar surface area (TPSA) is 0 Å². The van der Waals surface area contributed by atoms with E-state index in [0.29, 0.717) is 0 Å². The Morgan fingerprint density at radius 2 is 1.83 bits per heavy atom. The second kappa shape index (κ2) is 5.67. The van der Waals surface area contributed by atoms with Crippen molar-refractivity contribution >= 4 is 7.28 Å². The molecule has 0 aromatic heterocycles. The molecule has 0 heterocycles. The molecule has 0 unspecified atom stereocenters. The van der Waals surface area contributed by atoms with Gasteiger partial charge in [0.2, 0.25) is 0 Å². The van der Waals surface area contributed by atoms with Crippen LogP contribution >= 0.6 is 0 Å². The first-order valence-electron chi connectivity index (χ1n) is 5.86. The van der Waals surface area contributed by atoms with Gasteiger partial charge in [0.05, 0.1) is 0 Å². The third kappa shape index (κ3) is 3.20. The van der Waals surface area contributed by atoms with Crippen LogP contribution in [0.1, 0.15) is 51.9 Å². The van der Waals surface area contributed by atoms with Crippen LogP contribution in [0.15, 0.2) is 0 Å². The van der Waals surface area contributed by atoms with Gasteiger partial charge in [0, 0.05) is 0 Å². The van der Waals surface area contributed by atoms with Gasteiger partial charge < -0.3 is 0 Å². The molecule has 70 valence electrons. The third-order valence-corrected chi connectivity index (χ3v) is 3.51. The lowest BCUT2D eigenvalue weighted by Crippen LogP contribution is -2.13. The van der Waals surface area contributed by atoms with Gasteiger partial charge in [-0.2, -0.15) is 0 Å². The van der Waals surface area contributed by atoms with Crippen LogP contribution < -0.4 is 0 Å². The normalized spacial score (nSPS) is 30.2. The predicted octanol–water partition coefficient (Wildman–Crippen LogP) is 3.64. The van der Waals surface area contributed by atoms with Crippen molar-refractivity contribution < 1.29 is 0 Å². The summed E-state index contributed by atoms with van der Waals surface area (Å²) in [5.74, 6) is 2.16. The van der Waals surface area contributed by atoms with E-state index >= 15 is 0 Å². The van der Waals surface area contributed by atoms with Crippen LogP contribution in [-0.4, -0.2) is 7.28 Å². The maximum Gasteiger partial charge on any atom is 0.120 e. The van der Waals surface area contributed by atoms with Crippen LogP contribution in [-0.2, 0) is 0 Å². The Hall–Kier alpha value is 0.0649. The Balaban J connectivity index is 2.09. The lowest BCUT2D eigenvalue weighted by atomic mass is 9.59. The average molecular weight is 166 g/mol. The lowest BCUT2D eigenvalue weighted by molar-refractivity contribution is 0.330. The lowest BCUT2D eigenvalue weighted by Gasteiger charge is -2.27. The van der Waals surface area contributed by atoms with Gasteiger partial charge in [-0.3, -0.25) is 0 Å². The summed E-state index contributed by atoms with van der Waals surface area (Å²) in [6, 6.07) is 0. The maximum atomic E-state index is 2.34. The van der Waals surface area contributed by atoms with E-state index in [1.165, 1.54) is 52.2 Å². The summed E-state index contributed by atoms with van der Waals surface area (Å²) in [7, 11) is 1.42. The highest BCUT2D eigenvalue weighted by Crippen LogP contribution is 2.34. The molecule has 1 heteroatoms. The van der Waals surface area contributed by atoms with E-state index in [-0.39, 0.29) is 0 Å². The van der Waals surface area contributed by atoms with E-state index in [9.17, 15) is 0 Å². The van der Waals surface area contributed by atoms with Crippen molar-refractivity contribution in [2.24, 2.45) is 5.92 Å². The quantitative estimate of drug-likeness (QED) is 0.559. The van der Waals surface area contributed by atoms with Gasteiger partial charge in [-0.25, -0.2) is 0 Å². The Kier molecular flexibility index (Phi) is 4.79. The van der Waals surface area contributed by atoms with Gasteiger partial charge in [0.1, 0.15) is 7.28 Å². The second-order valence-electron chi connectivity index (χ2n) is 4.44. The number of hydrogen-bond donors (Lipinski definition) is 0. The molecule has 0 saturated heterocycles. The first kappa shape index (κ1) is 10.1. The smallest absolute Gasteiger partial charge is 0.0891 e. The maximum absolute atomic E-state index is 2.34. The summed E-state index contributed by atoms with van der Waals surface area (Å²) < 4.78 is 0. The van der Waals surface area contributed by atoms with E-state index in [2.05, 4.69) is 13.7 Å². The largest absolute Gasteiger partial charge is 0.120 e. The van der Waals surface area contributed by atoms with Gasteiger partial charge in [-0.1, -0.05) is 64.5 Å². The van der Waals surface area contributed by atoms with Crippen LogP contribution in [0.4, 0.5) is 0 Å². The molecule has 0 spiro atoms. The molecule has 12 heavy (non-hydrogen) atoms. The minimum Gasteiger partial charge on any atom is -0.0891 e. The monoisotopic (exact) mass is 166 g/mol. The summed E-state index contributed by atoms with van der Waals surface area (Å²) in [5, 5.41) is 0. The molecule has 0 N–H and O–H groups in total. The summed E-state index contributed by atoms with van der Waals surface area (Å²) in [5.41, 5.74) is 0. The van der Waals surface area contributed by atoms with Crippen LogP contribution in [0.5, 0.6) is 0 Å². The second-order valence-corrected chi connectivity index (χ2v) is 4.44. The number of unbranched alkanes of at least 4 members (excludes halogenated alkanes) is 1. The molecule has 0 radical (unpaired) electrons. The SMILES string of the molecule is CBC1CCC(CCCC)CC1. The molecule has 1 fully saturated rings. The molecular formula is C11H23B. The molecule has 0 atom stereocenters. The third-order valence-electron chi connectivity index (χ3n) is 3.51. The minimum atomic E-state index is 1.07. The Morgan fingerprint density at radius 3 is 2.33 bits per heavy atom. The highest BCUT2D eigenvalue weighted by atomic mass is 14.2. The molecule has 0 aromatic rings. The number of rotatable bonds is 4. The molecule has 1 aliphatic rings. The van der Waals surface area contributed by atoms with E-state index in [0.717, 1.165) is 11.7 Å². The molecular weight excluding hydrogens is 143 g/mol. The fourth-order valence-corrected chi connectivity index (χ4v) is 2.42.